The molecule has 2 aromatic rings. The lowest BCUT2D eigenvalue weighted by Crippen LogP contribution is -2.71. The Morgan fingerprint density at radius 2 is 2.24 bits per heavy atom. The first kappa shape index (κ1) is 25.9. The van der Waals surface area contributed by atoms with Gasteiger partial charge in [-0.3, -0.25) is 14.5 Å². The normalized spacial score (nSPS) is 20.8. The van der Waals surface area contributed by atoms with Gasteiger partial charge < -0.3 is 25.8 Å². The number of thioether (sulfide) groups is 1. The lowest BCUT2D eigenvalue weighted by atomic mass is 10.0. The second-order valence-electron chi connectivity index (χ2n) is 8.96. The van der Waals surface area contributed by atoms with E-state index in [2.05, 4.69) is 32.3 Å². The van der Waals surface area contributed by atoms with E-state index in [1.54, 1.807) is 5.38 Å². The zero-order valence-electron chi connectivity index (χ0n) is 20.6. The van der Waals surface area contributed by atoms with Crippen molar-refractivity contribution in [2.24, 2.45) is 5.16 Å². The molecule has 1 aliphatic carbocycles. The van der Waals surface area contributed by atoms with E-state index in [1.165, 1.54) is 35.0 Å². The van der Waals surface area contributed by atoms with Gasteiger partial charge in [-0.15, -0.1) is 23.1 Å². The highest BCUT2D eigenvalue weighted by molar-refractivity contribution is 8.00. The predicted octanol–water partition coefficient (Wildman–Crippen LogP) is -0.0976. The van der Waals surface area contributed by atoms with Gasteiger partial charge in [0.2, 0.25) is 0 Å². The topological polar surface area (TPSA) is 154 Å². The average Bonchev–Trinajstić information content (AvgIpc) is 3.56. The first-order valence-electron chi connectivity index (χ1n) is 12.1. The number of hydrogen-bond acceptors (Lipinski definition) is 10. The van der Waals surface area contributed by atoms with Crippen LogP contribution in [0.3, 0.4) is 0 Å². The minimum atomic E-state index is -1.41. The molecule has 38 heavy (non-hydrogen) atoms. The summed E-state index contributed by atoms with van der Waals surface area (Å²) in [6.45, 7) is 0.694. The monoisotopic (exact) mass is 554 g/mol. The van der Waals surface area contributed by atoms with Crippen molar-refractivity contribution in [3.8, 4) is 0 Å². The van der Waals surface area contributed by atoms with Gasteiger partial charge in [-0.25, -0.2) is 4.98 Å². The van der Waals surface area contributed by atoms with Crippen molar-refractivity contribution >= 4 is 51.7 Å². The van der Waals surface area contributed by atoms with Crippen LogP contribution in [-0.2, 0) is 38.6 Å². The van der Waals surface area contributed by atoms with E-state index in [-0.39, 0.29) is 22.2 Å². The van der Waals surface area contributed by atoms with E-state index < -0.39 is 29.2 Å². The molecule has 3 N–H and O–H groups in total. The smallest absolute Gasteiger partial charge is 0.276 e. The molecule has 4 heterocycles. The minimum Gasteiger partial charge on any atom is -0.543 e. The molecule has 13 heteroatoms. The summed E-state index contributed by atoms with van der Waals surface area (Å²) in [6, 6.07) is 3.29. The van der Waals surface area contributed by atoms with Crippen molar-refractivity contribution in [2.75, 3.05) is 18.6 Å². The lowest BCUT2D eigenvalue weighted by molar-refractivity contribution is -0.694. The van der Waals surface area contributed by atoms with Crippen molar-refractivity contribution in [3.05, 3.63) is 64.1 Å². The van der Waals surface area contributed by atoms with E-state index in [9.17, 15) is 19.5 Å². The number of carbonyl (C=O) groups is 3. The van der Waals surface area contributed by atoms with Gasteiger partial charge in [-0.1, -0.05) is 11.2 Å². The number of nitrogen functional groups attached to an aromatic ring is 1. The van der Waals surface area contributed by atoms with Crippen molar-refractivity contribution in [1.29, 1.82) is 0 Å². The molecular formula is C25H26N6O5S2. The minimum absolute atomic E-state index is 0.125. The maximum atomic E-state index is 13.0. The van der Waals surface area contributed by atoms with Gasteiger partial charge in [0.15, 0.2) is 29.3 Å². The summed E-state index contributed by atoms with van der Waals surface area (Å²) in [5.74, 6) is -2.22. The third-order valence-corrected chi connectivity index (χ3v) is 8.68. The van der Waals surface area contributed by atoms with Crippen LogP contribution in [0.4, 0.5) is 5.13 Å². The Kier molecular flexibility index (Phi) is 7.47. The molecule has 2 aliphatic heterocycles. The first-order valence-corrected chi connectivity index (χ1v) is 14.0. The zero-order valence-corrected chi connectivity index (χ0v) is 22.2. The highest BCUT2D eigenvalue weighted by Crippen LogP contribution is 2.41. The number of aryl methyl sites for hydroxylation is 1. The average molecular weight is 555 g/mol. The summed E-state index contributed by atoms with van der Waals surface area (Å²) in [7, 11) is 1.29. The molecule has 0 saturated carbocycles. The number of fused-ring (bicyclic) bond motifs is 2. The number of aromatic nitrogens is 2. The predicted molar refractivity (Wildman–Crippen MR) is 140 cm³/mol. The third-order valence-electron chi connectivity index (χ3n) is 6.66. The number of carboxylic acids is 1. The van der Waals surface area contributed by atoms with Gasteiger partial charge in [0.05, 0.1) is 11.7 Å². The van der Waals surface area contributed by atoms with Crippen molar-refractivity contribution in [1.82, 2.24) is 15.2 Å². The number of nitrogens with one attached hydrogen (secondary N) is 1. The van der Waals surface area contributed by atoms with Gasteiger partial charge in [-0.2, -0.15) is 4.57 Å². The first-order chi connectivity index (χ1) is 18.4. The largest absolute Gasteiger partial charge is 0.543 e. The summed E-state index contributed by atoms with van der Waals surface area (Å²) in [5.41, 5.74) is 8.95. The van der Waals surface area contributed by atoms with Crippen LogP contribution in [0, 0.1) is 0 Å². The van der Waals surface area contributed by atoms with Crippen LogP contribution in [0.5, 0.6) is 0 Å². The summed E-state index contributed by atoms with van der Waals surface area (Å²) in [6.07, 6.45) is 9.71. The second kappa shape index (κ2) is 11.0. The Labute approximate surface area is 227 Å². The summed E-state index contributed by atoms with van der Waals surface area (Å²) in [5, 5.41) is 19.6. The van der Waals surface area contributed by atoms with Crippen LogP contribution < -0.4 is 20.7 Å². The molecule has 0 aromatic carbocycles. The fraction of sp³-hybridized carbons (Fsp3) is 0.360. The Balaban J connectivity index is 1.26. The Hall–Kier alpha value is -3.71. The maximum absolute atomic E-state index is 13.0. The second-order valence-corrected chi connectivity index (χ2v) is 11.0. The highest BCUT2D eigenvalue weighted by atomic mass is 32.2. The number of thiazole rings is 1. The van der Waals surface area contributed by atoms with E-state index in [4.69, 9.17) is 10.6 Å². The lowest BCUT2D eigenvalue weighted by Gasteiger charge is -2.50. The Bertz CT molecular complexity index is 1380. The fourth-order valence-corrected chi connectivity index (χ4v) is 6.84. The number of rotatable bonds is 9. The molecular weight excluding hydrogens is 528 g/mol. The van der Waals surface area contributed by atoms with Crippen LogP contribution in [-0.4, -0.2) is 57.7 Å². The van der Waals surface area contributed by atoms with Gasteiger partial charge in [0.25, 0.3) is 11.8 Å². The quantitative estimate of drug-likeness (QED) is 0.143. The number of nitrogens with two attached hydrogens (primary N) is 1. The molecule has 2 aromatic heterocycles. The van der Waals surface area contributed by atoms with Gasteiger partial charge in [0, 0.05) is 29.2 Å². The molecule has 1 fully saturated rings. The molecule has 0 radical (unpaired) electrons. The number of aliphatic carboxylic acids is 1. The SMILES string of the molecule is CO/N=C(\C(=O)N[C@@H]1C(=O)N2C(C(=O)[O-])=C(C/C=C\C[n+]3cccc4c3CCC4)CS[C@H]12)c1csc(N)n1. The van der Waals surface area contributed by atoms with Gasteiger partial charge >= 0.3 is 0 Å². The molecule has 3 aliphatic rings. The number of carboxylic acid groups (broad SMARTS) is 1. The highest BCUT2D eigenvalue weighted by Gasteiger charge is 2.53. The number of anilines is 1. The number of pyridine rings is 1. The van der Waals surface area contributed by atoms with E-state index in [0.29, 0.717) is 24.3 Å². The van der Waals surface area contributed by atoms with Crippen LogP contribution in [0.15, 0.2) is 52.3 Å². The molecule has 0 bridgehead atoms. The van der Waals surface area contributed by atoms with Gasteiger partial charge in [-0.05, 0) is 37.0 Å². The molecule has 2 amide bonds. The maximum Gasteiger partial charge on any atom is 0.276 e. The van der Waals surface area contributed by atoms with Crippen molar-refractivity contribution < 1.29 is 28.9 Å². The number of β-lactam (4-membered cyclic amide) rings is 1. The zero-order chi connectivity index (χ0) is 26.8. The third kappa shape index (κ3) is 4.90. The Morgan fingerprint density at radius 1 is 1.39 bits per heavy atom. The van der Waals surface area contributed by atoms with Crippen LogP contribution in [0.1, 0.15) is 29.8 Å². The summed E-state index contributed by atoms with van der Waals surface area (Å²) >= 11 is 2.52. The molecule has 5 rings (SSSR count). The van der Waals surface area contributed by atoms with Crippen LogP contribution in [0.25, 0.3) is 0 Å². The van der Waals surface area contributed by atoms with E-state index in [1.807, 2.05) is 18.2 Å². The number of amides is 2. The van der Waals surface area contributed by atoms with Crippen LogP contribution >= 0.6 is 23.1 Å². The molecule has 11 nitrogen and oxygen atoms in total. The number of allylic oxidation sites excluding steroid dienone is 2. The number of nitrogens with zero attached hydrogens (tertiary/aromatic N) is 4. The van der Waals surface area contributed by atoms with Gasteiger partial charge in [0.1, 0.15) is 24.2 Å². The van der Waals surface area contributed by atoms with Crippen molar-refractivity contribution in [2.45, 2.75) is 43.6 Å². The van der Waals surface area contributed by atoms with E-state index in [0.717, 1.165) is 30.6 Å². The molecule has 0 unspecified atom stereocenters. The van der Waals surface area contributed by atoms with Crippen molar-refractivity contribution in [3.63, 3.8) is 0 Å². The number of hydrogen-bond donors (Lipinski definition) is 2. The molecule has 0 spiro atoms. The number of carbonyl (C=O) groups excluding carboxylic acids is 3. The molecule has 198 valence electrons. The molecule has 1 saturated heterocycles. The summed E-state index contributed by atoms with van der Waals surface area (Å²) < 4.78 is 2.21. The molecule has 2 atom stereocenters. The van der Waals surface area contributed by atoms with E-state index >= 15 is 0 Å². The Morgan fingerprint density at radius 3 is 2.97 bits per heavy atom. The standard InChI is InChI=1S/C25H26N6O5S2/c1-36-29-18(16-13-38-25(26)27-16)21(32)28-19-22(33)31-20(24(34)35)15(12-37-23(19)31)6-2-3-10-30-11-5-8-14-7-4-9-17(14)30/h2-3,5,8,11,13,19,23H,4,6-7,9-10,12H2,1H3,(H3-,26,27,28,32,34,35)/b3-2-,29-18-/t19-,23-/m1/s1. The van der Waals surface area contributed by atoms with Crippen LogP contribution in [0.2, 0.25) is 0 Å². The summed E-state index contributed by atoms with van der Waals surface area (Å²) in [4.78, 5) is 47.9. The fourth-order valence-electron chi connectivity index (χ4n) is 4.93. The number of oxime groups is 1.